The van der Waals surface area contributed by atoms with E-state index in [0.29, 0.717) is 12.0 Å². The number of β-amino-alcohol motifs (C(OH)–C–C–N with tert-alkyl or cyclic N) is 1. The molecule has 5 heteroatoms. The molecule has 1 aliphatic rings. The molecule has 80 valence electrons. The number of nitrogens with zero attached hydrogens (tertiary/aromatic N) is 1. The quantitative estimate of drug-likeness (QED) is 0.541. The fourth-order valence-electron chi connectivity index (χ4n) is 1.83. The Morgan fingerprint density at radius 3 is 2.33 bits per heavy atom. The lowest BCUT2D eigenvalue weighted by Gasteiger charge is -2.17. The van der Waals surface area contributed by atoms with Crippen LogP contribution in [0.1, 0.15) is 6.42 Å². The fraction of sp³-hybridized carbons (Fsp3) is 0.400. The van der Waals surface area contributed by atoms with Gasteiger partial charge in [-0.3, -0.25) is 0 Å². The maximum atomic E-state index is 9.38. The van der Waals surface area contributed by atoms with Crippen LogP contribution in [0.5, 0.6) is 0 Å². The summed E-state index contributed by atoms with van der Waals surface area (Å²) in [6.07, 6.45) is 0.554. The van der Waals surface area contributed by atoms with Gasteiger partial charge in [-0.05, 0) is 24.0 Å². The monoisotopic (exact) mass is 207 g/mol. The molecule has 4 nitrogen and oxygen atoms in total. The molecule has 0 saturated carbocycles. The van der Waals surface area contributed by atoms with E-state index < -0.39 is 7.12 Å². The number of aliphatic hydroxyl groups is 1. The predicted octanol–water partition coefficient (Wildman–Crippen LogP) is -1.06. The minimum atomic E-state index is -1.41. The van der Waals surface area contributed by atoms with Crippen molar-refractivity contribution in [1.82, 2.24) is 0 Å². The van der Waals surface area contributed by atoms with E-state index >= 15 is 0 Å². The van der Waals surface area contributed by atoms with E-state index in [2.05, 4.69) is 4.90 Å². The van der Waals surface area contributed by atoms with Crippen molar-refractivity contribution in [2.45, 2.75) is 12.5 Å². The van der Waals surface area contributed by atoms with Crippen LogP contribution in [0.4, 0.5) is 5.69 Å². The van der Waals surface area contributed by atoms with Crippen molar-refractivity contribution in [2.24, 2.45) is 0 Å². The first-order valence-corrected chi connectivity index (χ1v) is 5.06. The molecule has 2 rings (SSSR count). The molecule has 1 atom stereocenters. The Labute approximate surface area is 88.9 Å². The van der Waals surface area contributed by atoms with Gasteiger partial charge in [0.1, 0.15) is 0 Å². The lowest BCUT2D eigenvalue weighted by Crippen LogP contribution is -2.30. The summed E-state index contributed by atoms with van der Waals surface area (Å²) in [5.41, 5.74) is 1.49. The Bertz CT molecular complexity index is 328. The second kappa shape index (κ2) is 4.22. The summed E-state index contributed by atoms with van der Waals surface area (Å²) in [6, 6.07) is 7.05. The molecule has 0 unspecified atom stereocenters. The topological polar surface area (TPSA) is 63.9 Å². The molecule has 1 heterocycles. The Morgan fingerprint density at radius 1 is 1.20 bits per heavy atom. The molecule has 1 fully saturated rings. The molecule has 0 radical (unpaired) electrons. The minimum absolute atomic E-state index is 0.242. The average Bonchev–Trinajstić information content (AvgIpc) is 2.65. The zero-order valence-corrected chi connectivity index (χ0v) is 8.37. The summed E-state index contributed by atoms with van der Waals surface area (Å²) in [5.74, 6) is 0. The third kappa shape index (κ3) is 2.31. The van der Waals surface area contributed by atoms with Gasteiger partial charge in [0.15, 0.2) is 0 Å². The van der Waals surface area contributed by atoms with Crippen molar-refractivity contribution in [1.29, 1.82) is 0 Å². The van der Waals surface area contributed by atoms with Crippen LogP contribution < -0.4 is 10.4 Å². The molecule has 0 amide bonds. The van der Waals surface area contributed by atoms with Gasteiger partial charge in [-0.15, -0.1) is 0 Å². The maximum absolute atomic E-state index is 9.38. The molecule has 0 aliphatic carbocycles. The molecule has 1 aromatic carbocycles. The number of rotatable bonds is 2. The SMILES string of the molecule is OB(O)c1ccc(N2CC[C@H](O)C2)cc1. The van der Waals surface area contributed by atoms with Gasteiger partial charge in [-0.2, -0.15) is 0 Å². The number of hydrogen-bond donors (Lipinski definition) is 3. The molecule has 0 aromatic heterocycles. The zero-order valence-electron chi connectivity index (χ0n) is 8.37. The third-order valence-electron chi connectivity index (χ3n) is 2.72. The van der Waals surface area contributed by atoms with Crippen molar-refractivity contribution < 1.29 is 15.2 Å². The van der Waals surface area contributed by atoms with E-state index in [1.165, 1.54) is 0 Å². The highest BCUT2D eigenvalue weighted by molar-refractivity contribution is 6.58. The summed E-state index contributed by atoms with van der Waals surface area (Å²) >= 11 is 0. The van der Waals surface area contributed by atoms with Crippen LogP contribution in [0.15, 0.2) is 24.3 Å². The average molecular weight is 207 g/mol. The molecular formula is C10H14BNO3. The first-order chi connectivity index (χ1) is 7.16. The smallest absolute Gasteiger partial charge is 0.423 e. The summed E-state index contributed by atoms with van der Waals surface area (Å²) in [6.45, 7) is 1.50. The van der Waals surface area contributed by atoms with Gasteiger partial charge in [-0.25, -0.2) is 0 Å². The van der Waals surface area contributed by atoms with Crippen LogP contribution >= 0.6 is 0 Å². The number of aliphatic hydroxyl groups excluding tert-OH is 1. The maximum Gasteiger partial charge on any atom is 0.488 e. The summed E-state index contributed by atoms with van der Waals surface area (Å²) < 4.78 is 0. The Balaban J connectivity index is 2.10. The molecule has 15 heavy (non-hydrogen) atoms. The van der Waals surface area contributed by atoms with Gasteiger partial charge in [0.25, 0.3) is 0 Å². The second-order valence-corrected chi connectivity index (χ2v) is 3.85. The highest BCUT2D eigenvalue weighted by Crippen LogP contribution is 2.18. The van der Waals surface area contributed by atoms with Crippen LogP contribution in [0.25, 0.3) is 0 Å². The van der Waals surface area contributed by atoms with Crippen LogP contribution in [0, 0.1) is 0 Å². The minimum Gasteiger partial charge on any atom is -0.423 e. The van der Waals surface area contributed by atoms with Crippen molar-refractivity contribution in [2.75, 3.05) is 18.0 Å². The Hall–Kier alpha value is -1.04. The number of benzene rings is 1. The van der Waals surface area contributed by atoms with Crippen LogP contribution in [0.2, 0.25) is 0 Å². The van der Waals surface area contributed by atoms with Crippen LogP contribution in [-0.2, 0) is 0 Å². The highest BCUT2D eigenvalue weighted by Gasteiger charge is 2.20. The van der Waals surface area contributed by atoms with Crippen molar-refractivity contribution in [3.05, 3.63) is 24.3 Å². The molecule has 1 aromatic rings. The first-order valence-electron chi connectivity index (χ1n) is 5.06. The van der Waals surface area contributed by atoms with E-state index in [-0.39, 0.29) is 6.10 Å². The summed E-state index contributed by atoms with van der Waals surface area (Å²) in [7, 11) is -1.41. The third-order valence-corrected chi connectivity index (χ3v) is 2.72. The highest BCUT2D eigenvalue weighted by atomic mass is 16.4. The number of anilines is 1. The van der Waals surface area contributed by atoms with Crippen molar-refractivity contribution in [3.8, 4) is 0 Å². The summed E-state index contributed by atoms with van der Waals surface area (Å²) in [4.78, 5) is 2.08. The molecular weight excluding hydrogens is 193 g/mol. The van der Waals surface area contributed by atoms with E-state index in [1.807, 2.05) is 12.1 Å². The van der Waals surface area contributed by atoms with Gasteiger partial charge in [-0.1, -0.05) is 12.1 Å². The van der Waals surface area contributed by atoms with E-state index in [0.717, 1.165) is 18.7 Å². The second-order valence-electron chi connectivity index (χ2n) is 3.85. The molecule has 1 aliphatic heterocycles. The molecule has 3 N–H and O–H groups in total. The zero-order chi connectivity index (χ0) is 10.8. The Morgan fingerprint density at radius 2 is 1.87 bits per heavy atom. The van der Waals surface area contributed by atoms with E-state index in [1.54, 1.807) is 12.1 Å². The van der Waals surface area contributed by atoms with Crippen molar-refractivity contribution in [3.63, 3.8) is 0 Å². The first kappa shape index (κ1) is 10.5. The van der Waals surface area contributed by atoms with Gasteiger partial charge in [0, 0.05) is 18.8 Å². The van der Waals surface area contributed by atoms with Gasteiger partial charge in [0.2, 0.25) is 0 Å². The predicted molar refractivity (Wildman–Crippen MR) is 59.1 cm³/mol. The van der Waals surface area contributed by atoms with E-state index in [4.69, 9.17) is 10.0 Å². The lowest BCUT2D eigenvalue weighted by molar-refractivity contribution is 0.198. The molecule has 0 bridgehead atoms. The normalized spacial score (nSPS) is 20.7. The largest absolute Gasteiger partial charge is 0.488 e. The van der Waals surface area contributed by atoms with Gasteiger partial charge in [0.05, 0.1) is 6.10 Å². The van der Waals surface area contributed by atoms with Gasteiger partial charge < -0.3 is 20.1 Å². The number of hydrogen-bond acceptors (Lipinski definition) is 4. The lowest BCUT2D eigenvalue weighted by atomic mass is 9.80. The standard InChI is InChI=1S/C10H14BNO3/c13-10-5-6-12(7-10)9-3-1-8(2-4-9)11(14)15/h1-4,10,13-15H,5-7H2/t10-/m0/s1. The van der Waals surface area contributed by atoms with Gasteiger partial charge >= 0.3 is 7.12 Å². The van der Waals surface area contributed by atoms with Crippen LogP contribution in [0.3, 0.4) is 0 Å². The molecule has 1 saturated heterocycles. The van der Waals surface area contributed by atoms with Crippen LogP contribution in [-0.4, -0.2) is 41.5 Å². The Kier molecular flexibility index (Phi) is 2.95. The van der Waals surface area contributed by atoms with Crippen molar-refractivity contribution >= 4 is 18.3 Å². The molecule has 0 spiro atoms. The summed E-state index contributed by atoms with van der Waals surface area (Å²) in [5, 5.41) is 27.2. The van der Waals surface area contributed by atoms with E-state index in [9.17, 15) is 5.11 Å². The fourth-order valence-corrected chi connectivity index (χ4v) is 1.83.